The van der Waals surface area contributed by atoms with E-state index in [-0.39, 0.29) is 0 Å². The monoisotopic (exact) mass is 326 g/mol. The summed E-state index contributed by atoms with van der Waals surface area (Å²) in [5.41, 5.74) is 5.47. The van der Waals surface area contributed by atoms with Gasteiger partial charge >= 0.3 is 0 Å². The van der Waals surface area contributed by atoms with Gasteiger partial charge < -0.3 is 4.74 Å². The molecule has 1 N–H and O–H groups in total. The molecule has 0 amide bonds. The van der Waals surface area contributed by atoms with Crippen molar-refractivity contribution in [2.24, 2.45) is 5.10 Å². The van der Waals surface area contributed by atoms with Gasteiger partial charge in [-0.2, -0.15) is 5.10 Å². The Kier molecular flexibility index (Phi) is 4.59. The number of para-hydroxylation sites is 1. The van der Waals surface area contributed by atoms with Crippen LogP contribution in [-0.4, -0.2) is 22.9 Å². The first-order valence-corrected chi connectivity index (χ1v) is 7.37. The van der Waals surface area contributed by atoms with E-state index in [9.17, 15) is 0 Å². The van der Waals surface area contributed by atoms with Crippen molar-refractivity contribution in [3.05, 3.63) is 71.8 Å². The lowest BCUT2D eigenvalue weighted by atomic mass is 10.3. The number of methoxy groups -OCH3 is 1. The lowest BCUT2D eigenvalue weighted by molar-refractivity contribution is 0.414. The van der Waals surface area contributed by atoms with Gasteiger partial charge in [0.15, 0.2) is 5.15 Å². The fourth-order valence-electron chi connectivity index (χ4n) is 2.08. The van der Waals surface area contributed by atoms with E-state index in [2.05, 4.69) is 15.5 Å². The van der Waals surface area contributed by atoms with Crippen LogP contribution in [0.1, 0.15) is 5.69 Å². The molecule has 0 saturated carbocycles. The van der Waals surface area contributed by atoms with Gasteiger partial charge in [-0.05, 0) is 36.4 Å². The number of nitrogens with one attached hydrogen (secondary N) is 1. The number of nitrogens with zero attached hydrogens (tertiary/aromatic N) is 3. The molecule has 0 fully saturated rings. The third-order valence-corrected chi connectivity index (χ3v) is 3.55. The van der Waals surface area contributed by atoms with E-state index < -0.39 is 0 Å². The Morgan fingerprint density at radius 1 is 1.13 bits per heavy atom. The predicted molar refractivity (Wildman–Crippen MR) is 92.8 cm³/mol. The van der Waals surface area contributed by atoms with Gasteiger partial charge in [0.25, 0.3) is 0 Å². The maximum absolute atomic E-state index is 6.16. The highest BCUT2D eigenvalue weighted by molar-refractivity contribution is 6.31. The van der Waals surface area contributed by atoms with Crippen LogP contribution in [0.2, 0.25) is 5.15 Å². The van der Waals surface area contributed by atoms with E-state index >= 15 is 0 Å². The van der Waals surface area contributed by atoms with Gasteiger partial charge in [-0.25, -0.2) is 4.98 Å². The molecular formula is C17H15ClN4O. The smallest absolute Gasteiger partial charge is 0.156 e. The summed E-state index contributed by atoms with van der Waals surface area (Å²) in [5, 5.41) is 4.61. The maximum atomic E-state index is 6.16. The first-order chi connectivity index (χ1) is 11.3. The average molecular weight is 327 g/mol. The van der Waals surface area contributed by atoms with E-state index in [1.807, 2.05) is 59.2 Å². The molecule has 0 aliphatic rings. The molecule has 0 unspecified atom stereocenters. The third kappa shape index (κ3) is 3.52. The van der Waals surface area contributed by atoms with E-state index in [1.165, 1.54) is 0 Å². The maximum Gasteiger partial charge on any atom is 0.156 e. The highest BCUT2D eigenvalue weighted by Crippen LogP contribution is 2.20. The van der Waals surface area contributed by atoms with E-state index in [4.69, 9.17) is 16.3 Å². The summed E-state index contributed by atoms with van der Waals surface area (Å²) >= 11 is 6.16. The van der Waals surface area contributed by atoms with Crippen LogP contribution in [-0.2, 0) is 0 Å². The van der Waals surface area contributed by atoms with Gasteiger partial charge in [-0.1, -0.05) is 29.8 Å². The van der Waals surface area contributed by atoms with Gasteiger partial charge in [-0.3, -0.25) is 9.99 Å². The zero-order valence-electron chi connectivity index (χ0n) is 12.5. The lowest BCUT2D eigenvalue weighted by Crippen LogP contribution is -2.00. The van der Waals surface area contributed by atoms with Crippen LogP contribution >= 0.6 is 11.6 Å². The van der Waals surface area contributed by atoms with Gasteiger partial charge in [0.1, 0.15) is 17.8 Å². The standard InChI is InChI=1S/C17H15ClN4O/c1-23-15-9-7-14(8-10-15)22-12-19-17(18)16(22)11-20-21-13-5-3-2-4-6-13/h2-12,21H,1H3/b20-11-. The molecule has 0 aliphatic heterocycles. The van der Waals surface area contributed by atoms with Gasteiger partial charge in [0, 0.05) is 5.69 Å². The largest absolute Gasteiger partial charge is 0.497 e. The van der Waals surface area contributed by atoms with Gasteiger partial charge in [0.2, 0.25) is 0 Å². The highest BCUT2D eigenvalue weighted by Gasteiger charge is 2.08. The molecule has 1 aromatic heterocycles. The van der Waals surface area contributed by atoms with Crippen molar-refractivity contribution in [2.75, 3.05) is 12.5 Å². The Morgan fingerprint density at radius 3 is 2.57 bits per heavy atom. The van der Waals surface area contributed by atoms with Crippen molar-refractivity contribution in [1.82, 2.24) is 9.55 Å². The highest BCUT2D eigenvalue weighted by atomic mass is 35.5. The summed E-state index contributed by atoms with van der Waals surface area (Å²) in [6.45, 7) is 0. The van der Waals surface area contributed by atoms with Crippen molar-refractivity contribution < 1.29 is 4.74 Å². The Balaban J connectivity index is 1.83. The van der Waals surface area contributed by atoms with Gasteiger partial charge in [0.05, 0.1) is 19.0 Å². The van der Waals surface area contributed by atoms with E-state index in [1.54, 1.807) is 19.7 Å². The Hall–Kier alpha value is -2.79. The van der Waals surface area contributed by atoms with Crippen LogP contribution in [0.25, 0.3) is 5.69 Å². The van der Waals surface area contributed by atoms with Crippen molar-refractivity contribution in [3.8, 4) is 11.4 Å². The normalized spacial score (nSPS) is 10.9. The first-order valence-electron chi connectivity index (χ1n) is 6.99. The number of ether oxygens (including phenoxy) is 1. The van der Waals surface area contributed by atoms with Crippen molar-refractivity contribution >= 4 is 23.5 Å². The summed E-state index contributed by atoms with van der Waals surface area (Å²) in [4.78, 5) is 4.14. The van der Waals surface area contributed by atoms with E-state index in [0.29, 0.717) is 10.8 Å². The Bertz CT molecular complexity index is 797. The number of anilines is 1. The minimum absolute atomic E-state index is 0.388. The minimum atomic E-state index is 0.388. The molecule has 3 aromatic rings. The van der Waals surface area contributed by atoms with Crippen molar-refractivity contribution in [3.63, 3.8) is 0 Å². The molecule has 0 radical (unpaired) electrons. The van der Waals surface area contributed by atoms with Crippen LogP contribution in [0, 0.1) is 0 Å². The molecule has 0 aliphatic carbocycles. The second-order valence-electron chi connectivity index (χ2n) is 4.72. The van der Waals surface area contributed by atoms with Crippen LogP contribution in [0.15, 0.2) is 66.0 Å². The topological polar surface area (TPSA) is 51.4 Å². The molecule has 0 bridgehead atoms. The molecule has 2 aromatic carbocycles. The van der Waals surface area contributed by atoms with Crippen LogP contribution in [0.3, 0.4) is 0 Å². The molecule has 0 saturated heterocycles. The average Bonchev–Trinajstić information content (AvgIpc) is 2.97. The third-order valence-electron chi connectivity index (χ3n) is 3.26. The molecule has 3 rings (SSSR count). The molecule has 0 spiro atoms. The number of halogens is 1. The Labute approximate surface area is 139 Å². The number of imidazole rings is 1. The molecule has 1 heterocycles. The number of rotatable bonds is 5. The zero-order valence-corrected chi connectivity index (χ0v) is 13.2. The SMILES string of the molecule is COc1ccc(-n2cnc(Cl)c2/C=N\Nc2ccccc2)cc1. The summed E-state index contributed by atoms with van der Waals surface area (Å²) in [5.74, 6) is 0.793. The summed E-state index contributed by atoms with van der Waals surface area (Å²) in [7, 11) is 1.64. The lowest BCUT2D eigenvalue weighted by Gasteiger charge is -2.06. The van der Waals surface area contributed by atoms with Crippen molar-refractivity contribution in [2.45, 2.75) is 0 Å². The predicted octanol–water partition coefficient (Wildman–Crippen LogP) is 3.98. The number of hydrazone groups is 1. The molecule has 5 nitrogen and oxygen atoms in total. The van der Waals surface area contributed by atoms with Crippen LogP contribution in [0.5, 0.6) is 5.75 Å². The number of aromatic nitrogens is 2. The first kappa shape index (κ1) is 15.1. The van der Waals surface area contributed by atoms with Crippen LogP contribution in [0.4, 0.5) is 5.69 Å². The zero-order chi connectivity index (χ0) is 16.1. The molecule has 0 atom stereocenters. The summed E-state index contributed by atoms with van der Waals surface area (Å²) in [6, 6.07) is 17.3. The molecule has 23 heavy (non-hydrogen) atoms. The van der Waals surface area contributed by atoms with Crippen molar-refractivity contribution in [1.29, 1.82) is 0 Å². The summed E-state index contributed by atoms with van der Waals surface area (Å²) in [6.07, 6.45) is 3.31. The van der Waals surface area contributed by atoms with Gasteiger partial charge in [-0.15, -0.1) is 0 Å². The fraction of sp³-hybridized carbons (Fsp3) is 0.0588. The second-order valence-corrected chi connectivity index (χ2v) is 5.08. The Morgan fingerprint density at radius 2 is 1.87 bits per heavy atom. The number of hydrogen-bond donors (Lipinski definition) is 1. The fourth-order valence-corrected chi connectivity index (χ4v) is 2.26. The molecule has 116 valence electrons. The number of hydrogen-bond acceptors (Lipinski definition) is 4. The second kappa shape index (κ2) is 6.98. The van der Waals surface area contributed by atoms with Crippen LogP contribution < -0.4 is 10.2 Å². The summed E-state index contributed by atoms with van der Waals surface area (Å²) < 4.78 is 7.03. The van der Waals surface area contributed by atoms with E-state index in [0.717, 1.165) is 17.1 Å². The molecular weight excluding hydrogens is 312 g/mol. The molecule has 6 heteroatoms. The number of benzene rings is 2. The quantitative estimate of drug-likeness (QED) is 0.570. The minimum Gasteiger partial charge on any atom is -0.497 e.